The number of pyridine rings is 1. The van der Waals surface area contributed by atoms with Crippen molar-refractivity contribution in [1.29, 1.82) is 0 Å². The highest BCUT2D eigenvalue weighted by Crippen LogP contribution is 2.15. The third-order valence-corrected chi connectivity index (χ3v) is 4.09. The van der Waals surface area contributed by atoms with Crippen LogP contribution in [-0.2, 0) is 6.54 Å². The quantitative estimate of drug-likeness (QED) is 0.559. The van der Waals surface area contributed by atoms with Crippen LogP contribution < -0.4 is 5.32 Å². The first-order valence-corrected chi connectivity index (χ1v) is 7.95. The van der Waals surface area contributed by atoms with Crippen LogP contribution >= 0.6 is 12.2 Å². The Morgan fingerprint density at radius 1 is 1.30 bits per heavy atom. The zero-order chi connectivity index (χ0) is 16.2. The number of nitrogens with zero attached hydrogens (tertiary/aromatic N) is 2. The molecule has 118 valence electrons. The number of aromatic amines is 1. The number of nitrogens with one attached hydrogen (secondary N) is 2. The highest BCUT2D eigenvalue weighted by Gasteiger charge is 2.08. The molecule has 5 nitrogen and oxygen atoms in total. The number of fused-ring (bicyclic) bond motifs is 1. The van der Waals surface area contributed by atoms with Gasteiger partial charge in [0.05, 0.1) is 16.6 Å². The van der Waals surface area contributed by atoms with Crippen molar-refractivity contribution in [1.82, 2.24) is 19.9 Å². The molecular formula is C17H18N4OS. The minimum atomic E-state index is -0.140. The average Bonchev–Trinajstić information content (AvgIpc) is 2.87. The van der Waals surface area contributed by atoms with Crippen LogP contribution in [0, 0.1) is 11.6 Å². The fourth-order valence-electron chi connectivity index (χ4n) is 2.61. The van der Waals surface area contributed by atoms with Crippen molar-refractivity contribution in [3.8, 4) is 0 Å². The molecule has 0 aliphatic rings. The fraction of sp³-hybridized carbons (Fsp3) is 0.235. The molecule has 2 aromatic heterocycles. The molecule has 6 heteroatoms. The third kappa shape index (κ3) is 3.32. The minimum absolute atomic E-state index is 0.140. The second-order valence-corrected chi connectivity index (χ2v) is 5.73. The van der Waals surface area contributed by atoms with Gasteiger partial charge in [0.1, 0.15) is 10.5 Å². The molecule has 23 heavy (non-hydrogen) atoms. The molecule has 0 aliphatic carbocycles. The number of imidazole rings is 1. The van der Waals surface area contributed by atoms with Gasteiger partial charge in [-0.1, -0.05) is 24.4 Å². The first-order chi connectivity index (χ1) is 11.2. The lowest BCUT2D eigenvalue weighted by Crippen LogP contribution is -2.25. The van der Waals surface area contributed by atoms with E-state index < -0.39 is 0 Å². The molecule has 0 fully saturated rings. The molecule has 1 aromatic carbocycles. The van der Waals surface area contributed by atoms with Crippen LogP contribution in [0.3, 0.4) is 0 Å². The average molecular weight is 326 g/mol. The van der Waals surface area contributed by atoms with Gasteiger partial charge < -0.3 is 14.9 Å². The summed E-state index contributed by atoms with van der Waals surface area (Å²) in [5, 5.41) is 2.91. The molecule has 2 heterocycles. The standard InChI is InChI=1S/C17H18N4OS/c1-12-20-14-7-2-3-8-15(14)21(12)11-5-10-18-16(22)13-6-4-9-19-17(13)23/h2-4,6-9H,5,10-11H2,1H3,(H,18,22)(H,19,23). The third-order valence-electron chi connectivity index (χ3n) is 3.75. The van der Waals surface area contributed by atoms with Crippen LogP contribution in [0.2, 0.25) is 0 Å². The summed E-state index contributed by atoms with van der Waals surface area (Å²) in [6.45, 7) is 3.41. The number of amides is 1. The van der Waals surface area contributed by atoms with Crippen molar-refractivity contribution in [3.05, 3.63) is 58.6 Å². The predicted octanol–water partition coefficient (Wildman–Crippen LogP) is 3.22. The predicted molar refractivity (Wildman–Crippen MR) is 93.0 cm³/mol. The van der Waals surface area contributed by atoms with Gasteiger partial charge in [0.2, 0.25) is 0 Å². The lowest BCUT2D eigenvalue weighted by atomic mass is 10.2. The van der Waals surface area contributed by atoms with Crippen LogP contribution in [-0.4, -0.2) is 27.0 Å². The first kappa shape index (κ1) is 15.4. The number of aromatic nitrogens is 3. The van der Waals surface area contributed by atoms with E-state index in [4.69, 9.17) is 12.2 Å². The van der Waals surface area contributed by atoms with Gasteiger partial charge >= 0.3 is 0 Å². The number of rotatable bonds is 5. The summed E-state index contributed by atoms with van der Waals surface area (Å²) in [7, 11) is 0. The van der Waals surface area contributed by atoms with Gasteiger partial charge in [-0.05, 0) is 37.6 Å². The Balaban J connectivity index is 1.59. The number of hydrogen-bond acceptors (Lipinski definition) is 3. The van der Waals surface area contributed by atoms with Gasteiger partial charge in [-0.3, -0.25) is 4.79 Å². The van der Waals surface area contributed by atoms with E-state index in [0.29, 0.717) is 16.7 Å². The van der Waals surface area contributed by atoms with Crippen molar-refractivity contribution in [2.45, 2.75) is 19.9 Å². The van der Waals surface area contributed by atoms with Crippen molar-refractivity contribution < 1.29 is 4.79 Å². The number of carbonyl (C=O) groups excluding carboxylic acids is 1. The highest BCUT2D eigenvalue weighted by atomic mass is 32.1. The molecule has 1 amide bonds. The molecular weight excluding hydrogens is 308 g/mol. The molecule has 0 unspecified atom stereocenters. The molecule has 0 radical (unpaired) electrons. The summed E-state index contributed by atoms with van der Waals surface area (Å²) < 4.78 is 2.64. The monoisotopic (exact) mass is 326 g/mol. The lowest BCUT2D eigenvalue weighted by molar-refractivity contribution is 0.0952. The Labute approximate surface area is 139 Å². The van der Waals surface area contributed by atoms with E-state index in [9.17, 15) is 4.79 Å². The zero-order valence-electron chi connectivity index (χ0n) is 12.9. The summed E-state index contributed by atoms with van der Waals surface area (Å²) in [6.07, 6.45) is 2.54. The summed E-state index contributed by atoms with van der Waals surface area (Å²) in [5.41, 5.74) is 2.64. The van der Waals surface area contributed by atoms with Gasteiger partial charge in [-0.2, -0.15) is 0 Å². The number of H-pyrrole nitrogens is 1. The van der Waals surface area contributed by atoms with Crippen molar-refractivity contribution in [2.75, 3.05) is 6.54 Å². The maximum Gasteiger partial charge on any atom is 0.254 e. The van der Waals surface area contributed by atoms with E-state index in [1.54, 1.807) is 18.3 Å². The Bertz CT molecular complexity index is 897. The molecule has 0 saturated heterocycles. The second kappa shape index (κ2) is 6.75. The minimum Gasteiger partial charge on any atom is -0.352 e. The molecule has 3 rings (SSSR count). The molecule has 0 bridgehead atoms. The lowest BCUT2D eigenvalue weighted by Gasteiger charge is -2.08. The smallest absolute Gasteiger partial charge is 0.254 e. The van der Waals surface area contributed by atoms with E-state index in [0.717, 1.165) is 29.8 Å². The Hall–Kier alpha value is -2.47. The van der Waals surface area contributed by atoms with Crippen LogP contribution in [0.5, 0.6) is 0 Å². The number of aryl methyl sites for hydroxylation is 2. The van der Waals surface area contributed by atoms with Gasteiger partial charge in [0.15, 0.2) is 0 Å². The maximum atomic E-state index is 12.1. The first-order valence-electron chi connectivity index (χ1n) is 7.54. The molecule has 0 saturated carbocycles. The normalized spacial score (nSPS) is 10.8. The number of para-hydroxylation sites is 2. The van der Waals surface area contributed by atoms with Gasteiger partial charge in [0.25, 0.3) is 5.91 Å². The molecule has 0 atom stereocenters. The van der Waals surface area contributed by atoms with Crippen LogP contribution in [0.1, 0.15) is 22.6 Å². The summed E-state index contributed by atoms with van der Waals surface area (Å²) in [5.74, 6) is 0.849. The molecule has 0 spiro atoms. The summed E-state index contributed by atoms with van der Waals surface area (Å²) in [6, 6.07) is 11.6. The van der Waals surface area contributed by atoms with Crippen molar-refractivity contribution in [2.24, 2.45) is 0 Å². The number of hydrogen-bond donors (Lipinski definition) is 2. The number of carbonyl (C=O) groups is 1. The summed E-state index contributed by atoms with van der Waals surface area (Å²) in [4.78, 5) is 19.5. The maximum absolute atomic E-state index is 12.1. The van der Waals surface area contributed by atoms with Crippen LogP contribution in [0.15, 0.2) is 42.6 Å². The van der Waals surface area contributed by atoms with E-state index in [1.807, 2.05) is 25.1 Å². The van der Waals surface area contributed by atoms with Crippen molar-refractivity contribution >= 4 is 29.2 Å². The Morgan fingerprint density at radius 2 is 2.13 bits per heavy atom. The Morgan fingerprint density at radius 3 is 2.96 bits per heavy atom. The zero-order valence-corrected chi connectivity index (χ0v) is 13.7. The van der Waals surface area contributed by atoms with E-state index >= 15 is 0 Å². The molecule has 2 N–H and O–H groups in total. The van der Waals surface area contributed by atoms with Gasteiger partial charge in [0, 0.05) is 19.3 Å². The van der Waals surface area contributed by atoms with E-state index in [2.05, 4.69) is 25.9 Å². The Kier molecular flexibility index (Phi) is 4.52. The topological polar surface area (TPSA) is 62.7 Å². The SMILES string of the molecule is Cc1nc2ccccc2n1CCCNC(=O)c1ccc[nH]c1=S. The number of benzene rings is 1. The van der Waals surface area contributed by atoms with E-state index in [-0.39, 0.29) is 5.91 Å². The largest absolute Gasteiger partial charge is 0.352 e. The van der Waals surface area contributed by atoms with Crippen LogP contribution in [0.4, 0.5) is 0 Å². The van der Waals surface area contributed by atoms with Crippen LogP contribution in [0.25, 0.3) is 11.0 Å². The second-order valence-electron chi connectivity index (χ2n) is 5.32. The van der Waals surface area contributed by atoms with Gasteiger partial charge in [-0.25, -0.2) is 4.98 Å². The summed E-state index contributed by atoms with van der Waals surface area (Å²) >= 11 is 5.11. The highest BCUT2D eigenvalue weighted by molar-refractivity contribution is 7.71. The van der Waals surface area contributed by atoms with Gasteiger partial charge in [-0.15, -0.1) is 0 Å². The fourth-order valence-corrected chi connectivity index (χ4v) is 2.84. The van der Waals surface area contributed by atoms with E-state index in [1.165, 1.54) is 0 Å². The van der Waals surface area contributed by atoms with Crippen molar-refractivity contribution in [3.63, 3.8) is 0 Å². The molecule has 3 aromatic rings. The molecule has 0 aliphatic heterocycles.